The fourth-order valence-electron chi connectivity index (χ4n) is 2.04. The van der Waals surface area contributed by atoms with E-state index in [4.69, 9.17) is 15.2 Å². The predicted octanol–water partition coefficient (Wildman–Crippen LogP) is 3.27. The van der Waals surface area contributed by atoms with Crippen LogP contribution in [0.2, 0.25) is 0 Å². The van der Waals surface area contributed by atoms with Crippen molar-refractivity contribution in [2.24, 2.45) is 0 Å². The molecule has 0 unspecified atom stereocenters. The van der Waals surface area contributed by atoms with E-state index in [9.17, 15) is 9.59 Å². The molecule has 22 heavy (non-hydrogen) atoms. The van der Waals surface area contributed by atoms with Gasteiger partial charge in [0.15, 0.2) is 0 Å². The van der Waals surface area contributed by atoms with Crippen LogP contribution in [0.1, 0.15) is 20.7 Å². The number of methoxy groups -OCH3 is 2. The van der Waals surface area contributed by atoms with Crippen molar-refractivity contribution in [1.29, 1.82) is 0 Å². The molecule has 0 bridgehead atoms. The SMILES string of the molecule is COC(=O)c1cc(C(=O)OC)cc(-c2cc(N)cc(Br)c2)c1. The number of halogens is 1. The van der Waals surface area contributed by atoms with Crippen LogP contribution in [0.25, 0.3) is 11.1 Å². The summed E-state index contributed by atoms with van der Waals surface area (Å²) in [5.74, 6) is -1.06. The van der Waals surface area contributed by atoms with Gasteiger partial charge in [0.25, 0.3) is 0 Å². The maximum absolute atomic E-state index is 11.8. The van der Waals surface area contributed by atoms with Crippen LogP contribution < -0.4 is 5.73 Å². The fourth-order valence-corrected chi connectivity index (χ4v) is 2.56. The van der Waals surface area contributed by atoms with Gasteiger partial charge in [0.05, 0.1) is 25.3 Å². The molecule has 0 fully saturated rings. The van der Waals surface area contributed by atoms with Gasteiger partial charge in [-0.05, 0) is 47.5 Å². The summed E-state index contributed by atoms with van der Waals surface area (Å²) in [6.07, 6.45) is 0. The average Bonchev–Trinajstić information content (AvgIpc) is 2.51. The van der Waals surface area contributed by atoms with Gasteiger partial charge in [-0.2, -0.15) is 0 Å². The van der Waals surface area contributed by atoms with Crippen LogP contribution in [-0.2, 0) is 9.47 Å². The van der Waals surface area contributed by atoms with Gasteiger partial charge in [0.1, 0.15) is 0 Å². The van der Waals surface area contributed by atoms with Crippen molar-refractivity contribution in [2.75, 3.05) is 20.0 Å². The van der Waals surface area contributed by atoms with Crippen molar-refractivity contribution in [2.45, 2.75) is 0 Å². The second kappa shape index (κ2) is 6.62. The van der Waals surface area contributed by atoms with Gasteiger partial charge < -0.3 is 15.2 Å². The van der Waals surface area contributed by atoms with Crippen LogP contribution in [0.4, 0.5) is 5.69 Å². The molecule has 114 valence electrons. The van der Waals surface area contributed by atoms with Crippen molar-refractivity contribution < 1.29 is 19.1 Å². The van der Waals surface area contributed by atoms with Gasteiger partial charge in [-0.25, -0.2) is 9.59 Å². The number of carbonyl (C=O) groups is 2. The van der Waals surface area contributed by atoms with E-state index in [0.29, 0.717) is 11.3 Å². The maximum atomic E-state index is 11.8. The second-order valence-electron chi connectivity index (χ2n) is 4.56. The van der Waals surface area contributed by atoms with E-state index in [0.717, 1.165) is 10.0 Å². The molecule has 2 rings (SSSR count). The van der Waals surface area contributed by atoms with E-state index < -0.39 is 11.9 Å². The Morgan fingerprint density at radius 3 is 1.82 bits per heavy atom. The van der Waals surface area contributed by atoms with Crippen molar-refractivity contribution in [3.8, 4) is 11.1 Å². The maximum Gasteiger partial charge on any atom is 0.337 e. The fraction of sp³-hybridized carbons (Fsp3) is 0.125. The molecular formula is C16H14BrNO4. The summed E-state index contributed by atoms with van der Waals surface area (Å²) in [5, 5.41) is 0. The molecule has 2 aromatic rings. The van der Waals surface area contributed by atoms with Crippen LogP contribution in [0.5, 0.6) is 0 Å². The molecule has 0 aliphatic carbocycles. The Balaban J connectivity index is 2.63. The monoisotopic (exact) mass is 363 g/mol. The summed E-state index contributed by atoms with van der Waals surface area (Å²) >= 11 is 3.37. The lowest BCUT2D eigenvalue weighted by atomic mass is 9.99. The van der Waals surface area contributed by atoms with E-state index in [2.05, 4.69) is 15.9 Å². The first-order valence-corrected chi connectivity index (χ1v) is 7.12. The zero-order valence-corrected chi connectivity index (χ0v) is 13.6. The number of carbonyl (C=O) groups excluding carboxylic acids is 2. The highest BCUT2D eigenvalue weighted by molar-refractivity contribution is 9.10. The Morgan fingerprint density at radius 2 is 1.36 bits per heavy atom. The average molecular weight is 364 g/mol. The summed E-state index contributed by atoms with van der Waals surface area (Å²) in [5.41, 5.74) is 8.35. The number of hydrogen-bond donors (Lipinski definition) is 1. The molecule has 0 aromatic heterocycles. The molecule has 0 aliphatic heterocycles. The zero-order valence-electron chi connectivity index (χ0n) is 12.1. The van der Waals surface area contributed by atoms with Crippen LogP contribution in [0.15, 0.2) is 40.9 Å². The smallest absolute Gasteiger partial charge is 0.337 e. The highest BCUT2D eigenvalue weighted by Gasteiger charge is 2.15. The Labute approximate surface area is 136 Å². The topological polar surface area (TPSA) is 78.6 Å². The third kappa shape index (κ3) is 3.46. The molecule has 6 heteroatoms. The Morgan fingerprint density at radius 1 is 0.864 bits per heavy atom. The standard InChI is InChI=1S/C16H14BrNO4/c1-21-15(19)11-3-9(4-12(5-11)16(20)22-2)10-6-13(17)8-14(18)7-10/h3-8H,18H2,1-2H3. The predicted molar refractivity (Wildman–Crippen MR) is 86.7 cm³/mol. The minimum atomic E-state index is -0.532. The molecule has 0 spiro atoms. The van der Waals surface area contributed by atoms with E-state index in [-0.39, 0.29) is 11.1 Å². The highest BCUT2D eigenvalue weighted by Crippen LogP contribution is 2.28. The molecule has 0 radical (unpaired) electrons. The summed E-state index contributed by atoms with van der Waals surface area (Å²) < 4.78 is 10.2. The third-order valence-electron chi connectivity index (χ3n) is 3.03. The Kier molecular flexibility index (Phi) is 4.82. The van der Waals surface area contributed by atoms with Crippen molar-refractivity contribution in [3.63, 3.8) is 0 Å². The summed E-state index contributed by atoms with van der Waals surface area (Å²) in [6, 6.07) is 10.1. The largest absolute Gasteiger partial charge is 0.465 e. The minimum absolute atomic E-state index is 0.263. The molecule has 2 N–H and O–H groups in total. The number of hydrogen-bond acceptors (Lipinski definition) is 5. The van der Waals surface area contributed by atoms with Crippen LogP contribution in [-0.4, -0.2) is 26.2 Å². The summed E-state index contributed by atoms with van der Waals surface area (Å²) in [4.78, 5) is 23.6. The highest BCUT2D eigenvalue weighted by atomic mass is 79.9. The normalized spacial score (nSPS) is 10.1. The molecule has 0 atom stereocenters. The molecular weight excluding hydrogens is 350 g/mol. The number of anilines is 1. The molecule has 0 amide bonds. The number of ether oxygens (including phenoxy) is 2. The van der Waals surface area contributed by atoms with Crippen LogP contribution >= 0.6 is 15.9 Å². The van der Waals surface area contributed by atoms with E-state index in [1.807, 2.05) is 6.07 Å². The first-order chi connectivity index (χ1) is 10.4. The lowest BCUT2D eigenvalue weighted by Crippen LogP contribution is -2.07. The summed E-state index contributed by atoms with van der Waals surface area (Å²) in [7, 11) is 2.56. The van der Waals surface area contributed by atoms with Gasteiger partial charge in [0.2, 0.25) is 0 Å². The molecule has 0 saturated heterocycles. The number of rotatable bonds is 3. The first-order valence-electron chi connectivity index (χ1n) is 6.32. The summed E-state index contributed by atoms with van der Waals surface area (Å²) in [6.45, 7) is 0. The third-order valence-corrected chi connectivity index (χ3v) is 3.49. The minimum Gasteiger partial charge on any atom is -0.465 e. The Hall–Kier alpha value is -2.34. The molecule has 5 nitrogen and oxygen atoms in total. The van der Waals surface area contributed by atoms with Gasteiger partial charge in [-0.1, -0.05) is 15.9 Å². The molecule has 0 saturated carbocycles. The van der Waals surface area contributed by atoms with Crippen molar-refractivity contribution in [3.05, 3.63) is 52.0 Å². The first kappa shape index (κ1) is 16.0. The van der Waals surface area contributed by atoms with E-state index >= 15 is 0 Å². The van der Waals surface area contributed by atoms with E-state index in [1.165, 1.54) is 20.3 Å². The van der Waals surface area contributed by atoms with Gasteiger partial charge in [0, 0.05) is 10.2 Å². The van der Waals surface area contributed by atoms with Gasteiger partial charge in [-0.15, -0.1) is 0 Å². The number of nitrogens with two attached hydrogens (primary N) is 1. The number of benzene rings is 2. The van der Waals surface area contributed by atoms with E-state index in [1.54, 1.807) is 24.3 Å². The van der Waals surface area contributed by atoms with Gasteiger partial charge >= 0.3 is 11.9 Å². The number of nitrogen functional groups attached to an aromatic ring is 1. The molecule has 2 aromatic carbocycles. The molecule has 0 aliphatic rings. The van der Waals surface area contributed by atoms with Crippen LogP contribution in [0, 0.1) is 0 Å². The van der Waals surface area contributed by atoms with Gasteiger partial charge in [-0.3, -0.25) is 0 Å². The lowest BCUT2D eigenvalue weighted by Gasteiger charge is -2.09. The van der Waals surface area contributed by atoms with Crippen molar-refractivity contribution in [1.82, 2.24) is 0 Å². The Bertz CT molecular complexity index is 688. The lowest BCUT2D eigenvalue weighted by molar-refractivity contribution is 0.0599. The van der Waals surface area contributed by atoms with Crippen LogP contribution in [0.3, 0.4) is 0 Å². The number of esters is 2. The van der Waals surface area contributed by atoms with Crippen molar-refractivity contribution >= 4 is 33.6 Å². The zero-order chi connectivity index (χ0) is 16.3. The quantitative estimate of drug-likeness (QED) is 0.668. The second-order valence-corrected chi connectivity index (χ2v) is 5.47. The molecule has 0 heterocycles.